The lowest BCUT2D eigenvalue weighted by Gasteiger charge is -2.12. The Hall–Kier alpha value is -2.33. The standard InChI is InChI=1S/C25H33FN2O/c1-4-6-10-16-29-20(3)12-8-7-9-13-21-14-15-23(24(26)17-21)22-18-27-25(11-5-2)28-19-22/h5,9,13-15,17-20H,2,4,6-8,10-12,16H2,1,3H3. The first kappa shape index (κ1) is 23.0. The Morgan fingerprint density at radius 3 is 2.66 bits per heavy atom. The summed E-state index contributed by atoms with van der Waals surface area (Å²) >= 11 is 0. The van der Waals surface area contributed by atoms with Crippen molar-refractivity contribution in [2.24, 2.45) is 0 Å². The van der Waals surface area contributed by atoms with Crippen LogP contribution in [-0.2, 0) is 11.2 Å². The Labute approximate surface area is 174 Å². The number of ether oxygens (including phenoxy) is 1. The third kappa shape index (κ3) is 8.28. The SMILES string of the molecule is C=CCc1ncc(-c2ccc(C=CCCCC(C)OCCCCC)cc2F)cn1. The van der Waals surface area contributed by atoms with Crippen molar-refractivity contribution in [1.29, 1.82) is 0 Å². The van der Waals surface area contributed by atoms with Crippen molar-refractivity contribution in [3.05, 3.63) is 66.5 Å². The van der Waals surface area contributed by atoms with Crippen LogP contribution in [0.5, 0.6) is 0 Å². The van der Waals surface area contributed by atoms with E-state index in [1.165, 1.54) is 12.8 Å². The van der Waals surface area contributed by atoms with Gasteiger partial charge in [-0.1, -0.05) is 50.1 Å². The third-order valence-electron chi connectivity index (χ3n) is 4.78. The van der Waals surface area contributed by atoms with Gasteiger partial charge in [0.25, 0.3) is 0 Å². The van der Waals surface area contributed by atoms with E-state index in [-0.39, 0.29) is 5.82 Å². The molecule has 0 saturated carbocycles. The molecule has 0 N–H and O–H groups in total. The Bertz CT molecular complexity index is 771. The number of aromatic nitrogens is 2. The number of hydrogen-bond acceptors (Lipinski definition) is 3. The fraction of sp³-hybridized carbons (Fsp3) is 0.440. The summed E-state index contributed by atoms with van der Waals surface area (Å²) in [4.78, 5) is 8.49. The minimum absolute atomic E-state index is 0.263. The highest BCUT2D eigenvalue weighted by molar-refractivity contribution is 5.65. The maximum Gasteiger partial charge on any atom is 0.131 e. The molecule has 1 atom stereocenters. The molecule has 1 aromatic carbocycles. The quantitative estimate of drug-likeness (QED) is 0.276. The lowest BCUT2D eigenvalue weighted by molar-refractivity contribution is 0.0566. The van der Waals surface area contributed by atoms with Crippen LogP contribution in [-0.4, -0.2) is 22.7 Å². The molecule has 0 fully saturated rings. The molecule has 0 bridgehead atoms. The molecular weight excluding hydrogens is 363 g/mol. The summed E-state index contributed by atoms with van der Waals surface area (Å²) in [6.45, 7) is 8.87. The zero-order valence-corrected chi connectivity index (χ0v) is 17.7. The van der Waals surface area contributed by atoms with Gasteiger partial charge in [0.15, 0.2) is 0 Å². The number of rotatable bonds is 13. The second-order valence-corrected chi connectivity index (χ2v) is 7.34. The van der Waals surface area contributed by atoms with E-state index in [1.807, 2.05) is 12.1 Å². The van der Waals surface area contributed by atoms with Crippen LogP contribution in [0.25, 0.3) is 17.2 Å². The molecule has 1 unspecified atom stereocenters. The summed E-state index contributed by atoms with van der Waals surface area (Å²) in [6.07, 6.45) is 16.7. The molecule has 0 aliphatic heterocycles. The Kier molecular flexibility index (Phi) is 10.3. The van der Waals surface area contributed by atoms with Gasteiger partial charge in [0.1, 0.15) is 11.6 Å². The number of unbranched alkanes of at least 4 members (excludes halogenated alkanes) is 3. The average Bonchev–Trinajstić information content (AvgIpc) is 2.72. The van der Waals surface area contributed by atoms with E-state index in [1.54, 1.807) is 30.6 Å². The average molecular weight is 397 g/mol. The van der Waals surface area contributed by atoms with Crippen molar-refractivity contribution in [2.75, 3.05) is 6.61 Å². The van der Waals surface area contributed by atoms with Crippen LogP contribution in [0.15, 0.2) is 49.3 Å². The van der Waals surface area contributed by atoms with Crippen molar-refractivity contribution in [2.45, 2.75) is 64.9 Å². The topological polar surface area (TPSA) is 35.0 Å². The second kappa shape index (κ2) is 13.0. The fourth-order valence-corrected chi connectivity index (χ4v) is 3.06. The molecule has 4 heteroatoms. The smallest absolute Gasteiger partial charge is 0.131 e. The van der Waals surface area contributed by atoms with Crippen molar-refractivity contribution in [3.8, 4) is 11.1 Å². The molecule has 29 heavy (non-hydrogen) atoms. The van der Waals surface area contributed by atoms with Crippen LogP contribution in [0.4, 0.5) is 4.39 Å². The molecule has 0 amide bonds. The number of benzene rings is 1. The molecule has 156 valence electrons. The summed E-state index contributed by atoms with van der Waals surface area (Å²) < 4.78 is 20.3. The predicted octanol–water partition coefficient (Wildman–Crippen LogP) is 6.79. The van der Waals surface area contributed by atoms with Gasteiger partial charge in [0, 0.05) is 36.5 Å². The van der Waals surface area contributed by atoms with Crippen LogP contribution in [0.2, 0.25) is 0 Å². The van der Waals surface area contributed by atoms with Gasteiger partial charge in [0.2, 0.25) is 0 Å². The molecule has 0 radical (unpaired) electrons. The highest BCUT2D eigenvalue weighted by Crippen LogP contribution is 2.23. The van der Waals surface area contributed by atoms with E-state index in [2.05, 4.69) is 36.5 Å². The Morgan fingerprint density at radius 2 is 1.97 bits per heavy atom. The van der Waals surface area contributed by atoms with Crippen LogP contribution < -0.4 is 0 Å². The van der Waals surface area contributed by atoms with Gasteiger partial charge in [-0.05, 0) is 44.2 Å². The molecule has 0 saturated heterocycles. The fourth-order valence-electron chi connectivity index (χ4n) is 3.06. The number of halogens is 1. The summed E-state index contributed by atoms with van der Waals surface area (Å²) in [6, 6.07) is 5.27. The van der Waals surface area contributed by atoms with E-state index in [4.69, 9.17) is 4.74 Å². The second-order valence-electron chi connectivity index (χ2n) is 7.34. The third-order valence-corrected chi connectivity index (χ3v) is 4.78. The van der Waals surface area contributed by atoms with Gasteiger partial charge in [0.05, 0.1) is 6.10 Å². The first-order chi connectivity index (χ1) is 14.1. The van der Waals surface area contributed by atoms with Gasteiger partial charge in [-0.25, -0.2) is 14.4 Å². The maximum absolute atomic E-state index is 14.5. The van der Waals surface area contributed by atoms with Crippen LogP contribution >= 0.6 is 0 Å². The van der Waals surface area contributed by atoms with Crippen molar-refractivity contribution in [3.63, 3.8) is 0 Å². The largest absolute Gasteiger partial charge is 0.379 e. The summed E-state index contributed by atoms with van der Waals surface area (Å²) in [5.74, 6) is 0.422. The van der Waals surface area contributed by atoms with Gasteiger partial charge >= 0.3 is 0 Å². The molecule has 0 spiro atoms. The van der Waals surface area contributed by atoms with Crippen molar-refractivity contribution in [1.82, 2.24) is 9.97 Å². The zero-order chi connectivity index (χ0) is 20.9. The van der Waals surface area contributed by atoms with Crippen molar-refractivity contribution >= 4 is 6.08 Å². The normalized spacial score (nSPS) is 12.4. The zero-order valence-electron chi connectivity index (χ0n) is 17.7. The molecule has 3 nitrogen and oxygen atoms in total. The molecule has 0 aliphatic carbocycles. The van der Waals surface area contributed by atoms with E-state index in [9.17, 15) is 4.39 Å². The lowest BCUT2D eigenvalue weighted by Crippen LogP contribution is -2.08. The van der Waals surface area contributed by atoms with Crippen molar-refractivity contribution < 1.29 is 9.13 Å². The van der Waals surface area contributed by atoms with E-state index in [0.29, 0.717) is 29.5 Å². The molecular formula is C25H33FN2O. The van der Waals surface area contributed by atoms with E-state index in [0.717, 1.165) is 37.9 Å². The summed E-state index contributed by atoms with van der Waals surface area (Å²) in [5, 5.41) is 0. The highest BCUT2D eigenvalue weighted by atomic mass is 19.1. The first-order valence-electron chi connectivity index (χ1n) is 10.6. The van der Waals surface area contributed by atoms with Crippen LogP contribution in [0.3, 0.4) is 0 Å². The lowest BCUT2D eigenvalue weighted by atomic mass is 10.0. The van der Waals surface area contributed by atoms with Gasteiger partial charge in [-0.3, -0.25) is 0 Å². The predicted molar refractivity (Wildman–Crippen MR) is 119 cm³/mol. The molecule has 0 aliphatic rings. The van der Waals surface area contributed by atoms with Gasteiger partial charge < -0.3 is 4.74 Å². The molecule has 1 heterocycles. The monoisotopic (exact) mass is 396 g/mol. The highest BCUT2D eigenvalue weighted by Gasteiger charge is 2.07. The summed E-state index contributed by atoms with van der Waals surface area (Å²) in [7, 11) is 0. The Morgan fingerprint density at radius 1 is 1.17 bits per heavy atom. The Balaban J connectivity index is 1.80. The minimum Gasteiger partial charge on any atom is -0.379 e. The summed E-state index contributed by atoms with van der Waals surface area (Å²) in [5.41, 5.74) is 2.06. The van der Waals surface area contributed by atoms with Gasteiger partial charge in [-0.2, -0.15) is 0 Å². The van der Waals surface area contributed by atoms with Gasteiger partial charge in [-0.15, -0.1) is 6.58 Å². The maximum atomic E-state index is 14.5. The molecule has 2 aromatic rings. The molecule has 2 rings (SSSR count). The van der Waals surface area contributed by atoms with Crippen LogP contribution in [0, 0.1) is 5.82 Å². The number of nitrogens with zero attached hydrogens (tertiary/aromatic N) is 2. The molecule has 1 aromatic heterocycles. The minimum atomic E-state index is -0.263. The van der Waals surface area contributed by atoms with E-state index < -0.39 is 0 Å². The number of allylic oxidation sites excluding steroid dienone is 2. The van der Waals surface area contributed by atoms with Crippen LogP contribution in [0.1, 0.15) is 63.8 Å². The first-order valence-corrected chi connectivity index (χ1v) is 10.6. The van der Waals surface area contributed by atoms with E-state index >= 15 is 0 Å². The number of hydrogen-bond donors (Lipinski definition) is 0.